The second-order valence-electron chi connectivity index (χ2n) is 2.97. The number of hydrogen-bond acceptors (Lipinski definition) is 1. The van der Waals surface area contributed by atoms with Crippen LogP contribution in [-0.2, 0) is 0 Å². The maximum absolute atomic E-state index is 10.9. The van der Waals surface area contributed by atoms with Crippen LogP contribution in [0.2, 0.25) is 0 Å². The Morgan fingerprint density at radius 3 is 2.92 bits per heavy atom. The SMILES string of the molecule is CCN(C(=O)Cl)C1C=CCCC1. The Labute approximate surface area is 78.2 Å². The van der Waals surface area contributed by atoms with Gasteiger partial charge in [-0.05, 0) is 37.8 Å². The zero-order valence-corrected chi connectivity index (χ0v) is 8.05. The van der Waals surface area contributed by atoms with Gasteiger partial charge >= 0.3 is 5.37 Å². The number of likely N-dealkylation sites (N-methyl/N-ethyl adjacent to an activating group) is 1. The number of carbonyl (C=O) groups is 1. The summed E-state index contributed by atoms with van der Waals surface area (Å²) in [5.74, 6) is 0. The van der Waals surface area contributed by atoms with Gasteiger partial charge in [-0.25, -0.2) is 0 Å². The van der Waals surface area contributed by atoms with Crippen molar-refractivity contribution in [3.8, 4) is 0 Å². The molecule has 0 bridgehead atoms. The quantitative estimate of drug-likeness (QED) is 0.370. The summed E-state index contributed by atoms with van der Waals surface area (Å²) in [5.41, 5.74) is 0. The molecule has 0 heterocycles. The van der Waals surface area contributed by atoms with Crippen molar-refractivity contribution in [1.82, 2.24) is 4.90 Å². The van der Waals surface area contributed by atoms with Crippen molar-refractivity contribution >= 4 is 17.0 Å². The third kappa shape index (κ3) is 2.24. The summed E-state index contributed by atoms with van der Waals surface area (Å²) in [4.78, 5) is 12.6. The van der Waals surface area contributed by atoms with E-state index < -0.39 is 0 Å². The second kappa shape index (κ2) is 4.51. The standard InChI is InChI=1S/C9H14ClNO/c1-2-11(9(10)12)8-6-4-3-5-7-8/h4,6,8H,2-3,5,7H2,1H3. The van der Waals surface area contributed by atoms with Crippen LogP contribution in [0.5, 0.6) is 0 Å². The average Bonchev–Trinajstić information content (AvgIpc) is 2.07. The van der Waals surface area contributed by atoms with E-state index in [1.54, 1.807) is 4.90 Å². The zero-order chi connectivity index (χ0) is 8.97. The smallest absolute Gasteiger partial charge is 0.316 e. The second-order valence-corrected chi connectivity index (χ2v) is 3.29. The van der Waals surface area contributed by atoms with Crippen LogP contribution >= 0.6 is 11.6 Å². The fourth-order valence-corrected chi connectivity index (χ4v) is 1.79. The molecule has 0 radical (unpaired) electrons. The molecule has 0 aliphatic heterocycles. The van der Waals surface area contributed by atoms with E-state index in [0.29, 0.717) is 6.54 Å². The summed E-state index contributed by atoms with van der Waals surface area (Å²) in [7, 11) is 0. The monoisotopic (exact) mass is 187 g/mol. The topological polar surface area (TPSA) is 20.3 Å². The van der Waals surface area contributed by atoms with Crippen molar-refractivity contribution in [1.29, 1.82) is 0 Å². The largest absolute Gasteiger partial charge is 0.323 e. The van der Waals surface area contributed by atoms with Gasteiger partial charge in [-0.1, -0.05) is 12.2 Å². The molecule has 0 aromatic carbocycles. The lowest BCUT2D eigenvalue weighted by molar-refractivity contribution is 0.208. The molecule has 0 saturated carbocycles. The summed E-state index contributed by atoms with van der Waals surface area (Å²) < 4.78 is 0. The Bertz CT molecular complexity index is 191. The van der Waals surface area contributed by atoms with Gasteiger partial charge in [-0.3, -0.25) is 4.79 Å². The van der Waals surface area contributed by atoms with Crippen LogP contribution in [0.1, 0.15) is 26.2 Å². The van der Waals surface area contributed by atoms with E-state index in [1.807, 2.05) is 6.92 Å². The fraction of sp³-hybridized carbons (Fsp3) is 0.667. The van der Waals surface area contributed by atoms with Gasteiger partial charge in [0.15, 0.2) is 0 Å². The van der Waals surface area contributed by atoms with Crippen molar-refractivity contribution < 1.29 is 4.79 Å². The van der Waals surface area contributed by atoms with Crippen LogP contribution in [-0.4, -0.2) is 22.9 Å². The normalized spacial score (nSPS) is 22.3. The molecule has 0 fully saturated rings. The Kier molecular flexibility index (Phi) is 3.60. The summed E-state index contributed by atoms with van der Waals surface area (Å²) in [6.45, 7) is 2.64. The van der Waals surface area contributed by atoms with Gasteiger partial charge in [-0.2, -0.15) is 0 Å². The number of carbonyl (C=O) groups excluding carboxylic acids is 1. The van der Waals surface area contributed by atoms with E-state index in [-0.39, 0.29) is 11.4 Å². The summed E-state index contributed by atoms with van der Waals surface area (Å²) in [5, 5.41) is -0.339. The van der Waals surface area contributed by atoms with Crippen LogP contribution in [0.4, 0.5) is 4.79 Å². The van der Waals surface area contributed by atoms with Crippen molar-refractivity contribution in [2.45, 2.75) is 32.2 Å². The minimum absolute atomic E-state index is 0.230. The molecule has 1 aliphatic carbocycles. The Morgan fingerprint density at radius 1 is 1.75 bits per heavy atom. The van der Waals surface area contributed by atoms with Crippen LogP contribution in [0.3, 0.4) is 0 Å². The van der Waals surface area contributed by atoms with Gasteiger partial charge in [0, 0.05) is 6.54 Å². The zero-order valence-electron chi connectivity index (χ0n) is 7.29. The van der Waals surface area contributed by atoms with Crippen molar-refractivity contribution in [3.63, 3.8) is 0 Å². The third-order valence-electron chi connectivity index (χ3n) is 2.20. The third-order valence-corrected chi connectivity index (χ3v) is 2.41. The van der Waals surface area contributed by atoms with E-state index >= 15 is 0 Å². The maximum atomic E-state index is 10.9. The fourth-order valence-electron chi connectivity index (χ4n) is 1.54. The predicted octanol–water partition coefficient (Wildman–Crippen LogP) is 2.78. The van der Waals surface area contributed by atoms with Crippen LogP contribution < -0.4 is 0 Å². The minimum atomic E-state index is -0.339. The van der Waals surface area contributed by atoms with E-state index in [4.69, 9.17) is 11.6 Å². The van der Waals surface area contributed by atoms with Crippen LogP contribution in [0.25, 0.3) is 0 Å². The molecule has 0 spiro atoms. The number of nitrogens with zero attached hydrogens (tertiary/aromatic N) is 1. The molecule has 2 nitrogen and oxygen atoms in total. The molecule has 1 amide bonds. The van der Waals surface area contributed by atoms with Crippen molar-refractivity contribution in [2.75, 3.05) is 6.54 Å². The molecular weight excluding hydrogens is 174 g/mol. The molecule has 0 N–H and O–H groups in total. The van der Waals surface area contributed by atoms with Gasteiger partial charge in [-0.15, -0.1) is 0 Å². The first-order chi connectivity index (χ1) is 5.75. The molecule has 1 aliphatic rings. The van der Waals surface area contributed by atoms with Crippen LogP contribution in [0, 0.1) is 0 Å². The van der Waals surface area contributed by atoms with Crippen LogP contribution in [0.15, 0.2) is 12.2 Å². The lowest BCUT2D eigenvalue weighted by Gasteiger charge is -2.28. The number of halogens is 1. The molecule has 68 valence electrons. The first-order valence-electron chi connectivity index (χ1n) is 4.38. The summed E-state index contributed by atoms with van der Waals surface area (Å²) >= 11 is 5.43. The summed E-state index contributed by atoms with van der Waals surface area (Å²) in [6.07, 6.45) is 7.53. The highest BCUT2D eigenvalue weighted by Crippen LogP contribution is 2.17. The predicted molar refractivity (Wildman–Crippen MR) is 50.4 cm³/mol. The molecule has 1 atom stereocenters. The maximum Gasteiger partial charge on any atom is 0.316 e. The Hall–Kier alpha value is -0.500. The molecule has 12 heavy (non-hydrogen) atoms. The van der Waals surface area contributed by atoms with Gasteiger partial charge in [0.25, 0.3) is 0 Å². The van der Waals surface area contributed by atoms with Gasteiger partial charge < -0.3 is 4.90 Å². The summed E-state index contributed by atoms with van der Waals surface area (Å²) in [6, 6.07) is 0.230. The molecule has 0 saturated heterocycles. The first kappa shape index (κ1) is 9.59. The average molecular weight is 188 g/mol. The van der Waals surface area contributed by atoms with Gasteiger partial charge in [0.2, 0.25) is 0 Å². The highest BCUT2D eigenvalue weighted by atomic mass is 35.5. The first-order valence-corrected chi connectivity index (χ1v) is 4.76. The molecular formula is C9H14ClNO. The number of hydrogen-bond donors (Lipinski definition) is 0. The lowest BCUT2D eigenvalue weighted by Crippen LogP contribution is -2.36. The van der Waals surface area contributed by atoms with Crippen molar-refractivity contribution in [3.05, 3.63) is 12.2 Å². The molecule has 1 unspecified atom stereocenters. The molecule has 1 rings (SSSR count). The molecule has 3 heteroatoms. The van der Waals surface area contributed by atoms with E-state index in [1.165, 1.54) is 0 Å². The Morgan fingerprint density at radius 2 is 2.50 bits per heavy atom. The highest BCUT2D eigenvalue weighted by Gasteiger charge is 2.19. The molecule has 0 aromatic heterocycles. The molecule has 0 aromatic rings. The van der Waals surface area contributed by atoms with E-state index in [0.717, 1.165) is 19.3 Å². The minimum Gasteiger partial charge on any atom is -0.323 e. The number of amides is 1. The van der Waals surface area contributed by atoms with Crippen molar-refractivity contribution in [2.24, 2.45) is 0 Å². The van der Waals surface area contributed by atoms with E-state index in [2.05, 4.69) is 12.2 Å². The lowest BCUT2D eigenvalue weighted by atomic mass is 10.0. The van der Waals surface area contributed by atoms with Gasteiger partial charge in [0.05, 0.1) is 6.04 Å². The highest BCUT2D eigenvalue weighted by molar-refractivity contribution is 6.62. The number of allylic oxidation sites excluding steroid dienone is 1. The Balaban J connectivity index is 2.58. The number of rotatable bonds is 2. The van der Waals surface area contributed by atoms with Gasteiger partial charge in [0.1, 0.15) is 0 Å². The van der Waals surface area contributed by atoms with E-state index in [9.17, 15) is 4.79 Å².